The first-order valence-electron chi connectivity index (χ1n) is 5.94. The fraction of sp³-hybridized carbons (Fsp3) is 0.538. The summed E-state index contributed by atoms with van der Waals surface area (Å²) in [7, 11) is 0. The van der Waals surface area contributed by atoms with Crippen LogP contribution in [0.5, 0.6) is 0 Å². The Bertz CT molecular complexity index is 593. The van der Waals surface area contributed by atoms with Gasteiger partial charge < -0.3 is 10.3 Å². The van der Waals surface area contributed by atoms with Crippen molar-refractivity contribution in [3.05, 3.63) is 16.1 Å². The van der Waals surface area contributed by atoms with Gasteiger partial charge in [0.2, 0.25) is 0 Å². The molecule has 0 amide bonds. The Labute approximate surface area is 121 Å². The molecule has 2 rings (SSSR count). The van der Waals surface area contributed by atoms with E-state index in [0.717, 1.165) is 14.6 Å². The summed E-state index contributed by atoms with van der Waals surface area (Å²) in [5.41, 5.74) is 6.92. The van der Waals surface area contributed by atoms with E-state index in [0.29, 0.717) is 5.82 Å². The lowest BCUT2D eigenvalue weighted by molar-refractivity contribution is 0.145. The summed E-state index contributed by atoms with van der Waals surface area (Å²) in [4.78, 5) is 8.48. The van der Waals surface area contributed by atoms with Crippen LogP contribution >= 0.6 is 22.6 Å². The molecule has 4 nitrogen and oxygen atoms in total. The predicted octanol–water partition coefficient (Wildman–Crippen LogP) is 3.40. The van der Waals surface area contributed by atoms with Crippen molar-refractivity contribution in [2.75, 3.05) is 5.73 Å². The fourth-order valence-electron chi connectivity index (χ4n) is 1.83. The molecule has 0 aromatic carbocycles. The summed E-state index contributed by atoms with van der Waals surface area (Å²) in [6, 6.07) is 0. The summed E-state index contributed by atoms with van der Waals surface area (Å²) < 4.78 is 3.31. The van der Waals surface area contributed by atoms with Crippen molar-refractivity contribution in [3.8, 4) is 0 Å². The van der Waals surface area contributed by atoms with Gasteiger partial charge in [-0.2, -0.15) is 0 Å². The summed E-state index contributed by atoms with van der Waals surface area (Å²) in [6.45, 7) is 11.1. The minimum Gasteiger partial charge on any atom is -0.383 e. The molecule has 0 aliphatic rings. The van der Waals surface area contributed by atoms with Crippen molar-refractivity contribution in [3.63, 3.8) is 0 Å². The molecule has 0 fully saturated rings. The number of halogens is 1. The molecule has 2 aromatic rings. The van der Waals surface area contributed by atoms with Gasteiger partial charge in [-0.1, -0.05) is 20.8 Å². The first-order chi connectivity index (χ1) is 8.16. The summed E-state index contributed by atoms with van der Waals surface area (Å²) in [5, 5.41) is 0.954. The van der Waals surface area contributed by atoms with Crippen LogP contribution in [0.2, 0.25) is 0 Å². The highest BCUT2D eigenvalue weighted by Crippen LogP contribution is 2.40. The molecular formula is C13H19IN4. The van der Waals surface area contributed by atoms with E-state index in [2.05, 4.69) is 77.9 Å². The average molecular weight is 358 g/mol. The summed E-state index contributed by atoms with van der Waals surface area (Å²) in [5.74, 6) is 0.549. The zero-order valence-electron chi connectivity index (χ0n) is 11.5. The molecule has 5 heteroatoms. The van der Waals surface area contributed by atoms with E-state index in [9.17, 15) is 0 Å². The normalized spacial score (nSPS) is 13.2. The van der Waals surface area contributed by atoms with Crippen LogP contribution in [0.3, 0.4) is 0 Å². The van der Waals surface area contributed by atoms with Gasteiger partial charge >= 0.3 is 0 Å². The Hall–Kier alpha value is -0.850. The van der Waals surface area contributed by atoms with Crippen LogP contribution in [0, 0.1) is 8.99 Å². The summed E-state index contributed by atoms with van der Waals surface area (Å²) >= 11 is 2.29. The van der Waals surface area contributed by atoms with E-state index in [1.807, 2.05) is 0 Å². The topological polar surface area (TPSA) is 56.7 Å². The van der Waals surface area contributed by atoms with Crippen LogP contribution in [0.25, 0.3) is 11.0 Å². The zero-order valence-corrected chi connectivity index (χ0v) is 13.6. The monoisotopic (exact) mass is 358 g/mol. The molecule has 0 unspecified atom stereocenters. The van der Waals surface area contributed by atoms with E-state index in [1.54, 1.807) is 0 Å². The minimum absolute atomic E-state index is 0.0601. The van der Waals surface area contributed by atoms with Gasteiger partial charge in [0.15, 0.2) is 0 Å². The van der Waals surface area contributed by atoms with Crippen LogP contribution in [0.1, 0.15) is 34.6 Å². The molecule has 0 bridgehead atoms. The third kappa shape index (κ3) is 1.88. The maximum Gasteiger partial charge on any atom is 0.147 e. The largest absolute Gasteiger partial charge is 0.383 e. The Balaban J connectivity index is 2.78. The van der Waals surface area contributed by atoms with E-state index in [-0.39, 0.29) is 11.0 Å². The number of nitrogens with zero attached hydrogens (tertiary/aromatic N) is 3. The number of fused-ring (bicyclic) bond motifs is 1. The van der Waals surface area contributed by atoms with Crippen LogP contribution in [0.15, 0.2) is 12.5 Å². The molecule has 0 saturated heterocycles. The van der Waals surface area contributed by atoms with Crippen molar-refractivity contribution in [1.82, 2.24) is 14.5 Å². The number of aromatic nitrogens is 3. The van der Waals surface area contributed by atoms with Crippen molar-refractivity contribution in [1.29, 1.82) is 0 Å². The number of rotatable bonds is 1. The van der Waals surface area contributed by atoms with Gasteiger partial charge in [0, 0.05) is 15.3 Å². The molecule has 0 atom stereocenters. The molecule has 98 valence electrons. The van der Waals surface area contributed by atoms with Gasteiger partial charge in [0.25, 0.3) is 0 Å². The highest BCUT2D eigenvalue weighted by atomic mass is 127. The maximum absolute atomic E-state index is 5.95. The molecule has 2 heterocycles. The lowest BCUT2D eigenvalue weighted by Crippen LogP contribution is -2.39. The molecular weight excluding hydrogens is 339 g/mol. The van der Waals surface area contributed by atoms with Gasteiger partial charge in [-0.05, 0) is 41.9 Å². The fourth-order valence-corrected chi connectivity index (χ4v) is 2.62. The SMILES string of the molecule is CC(C)(C)C(C)(C)n1cc(I)c2c(N)ncnc21. The van der Waals surface area contributed by atoms with Crippen LogP contribution in [-0.2, 0) is 5.54 Å². The second kappa shape index (κ2) is 4.08. The van der Waals surface area contributed by atoms with Crippen LogP contribution < -0.4 is 5.73 Å². The van der Waals surface area contributed by atoms with E-state index in [4.69, 9.17) is 5.73 Å². The molecule has 0 saturated carbocycles. The second-order valence-corrected chi connectivity index (χ2v) is 7.28. The lowest BCUT2D eigenvalue weighted by Gasteiger charge is -2.40. The molecule has 2 N–H and O–H groups in total. The molecule has 0 spiro atoms. The van der Waals surface area contributed by atoms with E-state index in [1.165, 1.54) is 6.33 Å². The minimum atomic E-state index is -0.0601. The lowest BCUT2D eigenvalue weighted by atomic mass is 9.76. The molecule has 2 aromatic heterocycles. The first-order valence-corrected chi connectivity index (χ1v) is 7.01. The van der Waals surface area contributed by atoms with Gasteiger partial charge in [-0.3, -0.25) is 0 Å². The number of hydrogen-bond donors (Lipinski definition) is 1. The number of anilines is 1. The van der Waals surface area contributed by atoms with E-state index >= 15 is 0 Å². The molecule has 0 radical (unpaired) electrons. The molecule has 18 heavy (non-hydrogen) atoms. The number of hydrogen-bond acceptors (Lipinski definition) is 3. The standard InChI is InChI=1S/C13H19IN4/c1-12(2,3)13(4,5)18-6-8(14)9-10(15)16-7-17-11(9)18/h6-7H,1-5H3,(H2,15,16,17). The number of nitrogen functional groups attached to an aromatic ring is 1. The highest BCUT2D eigenvalue weighted by molar-refractivity contribution is 14.1. The van der Waals surface area contributed by atoms with Crippen molar-refractivity contribution in [2.45, 2.75) is 40.2 Å². The quantitative estimate of drug-likeness (QED) is 0.795. The van der Waals surface area contributed by atoms with Gasteiger partial charge in [-0.15, -0.1) is 0 Å². The highest BCUT2D eigenvalue weighted by Gasteiger charge is 2.36. The molecule has 0 aliphatic heterocycles. The van der Waals surface area contributed by atoms with Crippen molar-refractivity contribution >= 4 is 39.4 Å². The van der Waals surface area contributed by atoms with Gasteiger partial charge in [0.05, 0.1) is 5.39 Å². The average Bonchev–Trinajstić information content (AvgIpc) is 2.56. The van der Waals surface area contributed by atoms with Crippen LogP contribution in [-0.4, -0.2) is 14.5 Å². The third-order valence-corrected chi connectivity index (χ3v) is 4.82. The number of nitrogens with two attached hydrogens (primary N) is 1. The molecule has 0 aliphatic carbocycles. The first kappa shape index (κ1) is 13.6. The smallest absolute Gasteiger partial charge is 0.147 e. The predicted molar refractivity (Wildman–Crippen MR) is 83.4 cm³/mol. The zero-order chi connectivity index (χ0) is 13.7. The van der Waals surface area contributed by atoms with E-state index < -0.39 is 0 Å². The second-order valence-electron chi connectivity index (χ2n) is 6.11. The Kier molecular flexibility index (Phi) is 3.08. The Morgan fingerprint density at radius 3 is 2.33 bits per heavy atom. The third-order valence-electron chi connectivity index (χ3n) is 4.00. The Morgan fingerprint density at radius 1 is 1.17 bits per heavy atom. The van der Waals surface area contributed by atoms with Crippen molar-refractivity contribution < 1.29 is 0 Å². The Morgan fingerprint density at radius 2 is 1.78 bits per heavy atom. The van der Waals surface area contributed by atoms with Gasteiger partial charge in [-0.25, -0.2) is 9.97 Å². The summed E-state index contributed by atoms with van der Waals surface area (Å²) in [6.07, 6.45) is 3.64. The van der Waals surface area contributed by atoms with Crippen LogP contribution in [0.4, 0.5) is 5.82 Å². The maximum atomic E-state index is 5.95. The van der Waals surface area contributed by atoms with Crippen molar-refractivity contribution in [2.24, 2.45) is 5.41 Å². The van der Waals surface area contributed by atoms with Gasteiger partial charge in [0.1, 0.15) is 17.8 Å².